The van der Waals surface area contributed by atoms with Gasteiger partial charge in [0.05, 0.1) is 11.3 Å². The summed E-state index contributed by atoms with van der Waals surface area (Å²) in [6.07, 6.45) is 3.49. The summed E-state index contributed by atoms with van der Waals surface area (Å²) in [6.45, 7) is 1.95. The molecule has 2 aromatic heterocycles. The van der Waals surface area contributed by atoms with Crippen molar-refractivity contribution in [1.82, 2.24) is 9.97 Å². The van der Waals surface area contributed by atoms with Crippen molar-refractivity contribution in [2.75, 3.05) is 0 Å². The Morgan fingerprint density at radius 3 is 2.86 bits per heavy atom. The Kier molecular flexibility index (Phi) is 3.50. The van der Waals surface area contributed by atoms with Gasteiger partial charge in [-0.05, 0) is 36.8 Å². The smallest absolute Gasteiger partial charge is 0.335 e. The lowest BCUT2D eigenvalue weighted by molar-refractivity contribution is 0.0697. The van der Waals surface area contributed by atoms with Crippen molar-refractivity contribution in [2.24, 2.45) is 0 Å². The molecule has 0 aliphatic carbocycles. The summed E-state index contributed by atoms with van der Waals surface area (Å²) in [5, 5.41) is 11.9. The van der Waals surface area contributed by atoms with Gasteiger partial charge in [-0.1, -0.05) is 6.07 Å². The highest BCUT2D eigenvalue weighted by atomic mass is 32.1. The second kappa shape index (κ2) is 5.46. The van der Waals surface area contributed by atoms with Crippen molar-refractivity contribution in [2.45, 2.75) is 6.92 Å². The predicted octanol–water partition coefficient (Wildman–Crippen LogP) is 3.88. The Hall–Kier alpha value is -2.53. The van der Waals surface area contributed by atoms with Gasteiger partial charge < -0.3 is 5.11 Å². The first-order valence-electron chi connectivity index (χ1n) is 6.35. The van der Waals surface area contributed by atoms with E-state index in [1.807, 2.05) is 30.5 Å². The van der Waals surface area contributed by atoms with E-state index in [1.165, 1.54) is 11.3 Å². The molecule has 0 saturated heterocycles. The van der Waals surface area contributed by atoms with Gasteiger partial charge in [0, 0.05) is 28.9 Å². The van der Waals surface area contributed by atoms with Crippen molar-refractivity contribution in [1.29, 1.82) is 0 Å². The van der Waals surface area contributed by atoms with Crippen LogP contribution in [-0.4, -0.2) is 21.0 Å². The summed E-state index contributed by atoms with van der Waals surface area (Å²) in [4.78, 5) is 19.8. The first-order chi connectivity index (χ1) is 10.1. The molecule has 4 nitrogen and oxygen atoms in total. The largest absolute Gasteiger partial charge is 0.478 e. The number of carboxylic acid groups (broad SMARTS) is 1. The molecule has 0 atom stereocenters. The lowest BCUT2D eigenvalue weighted by Gasteiger charge is -2.04. The zero-order chi connectivity index (χ0) is 14.8. The first-order valence-corrected chi connectivity index (χ1v) is 7.23. The van der Waals surface area contributed by atoms with E-state index >= 15 is 0 Å². The van der Waals surface area contributed by atoms with Crippen molar-refractivity contribution in [3.05, 3.63) is 59.2 Å². The number of aromatic nitrogens is 2. The molecule has 0 radical (unpaired) electrons. The summed E-state index contributed by atoms with van der Waals surface area (Å²) in [6, 6.07) is 8.90. The van der Waals surface area contributed by atoms with Gasteiger partial charge in [-0.3, -0.25) is 4.98 Å². The normalized spacial score (nSPS) is 10.5. The summed E-state index contributed by atoms with van der Waals surface area (Å²) >= 11 is 1.52. The fourth-order valence-electron chi connectivity index (χ4n) is 2.05. The maximum Gasteiger partial charge on any atom is 0.335 e. The van der Waals surface area contributed by atoms with Gasteiger partial charge in [0.25, 0.3) is 0 Å². The lowest BCUT2D eigenvalue weighted by atomic mass is 10.0. The molecule has 5 heteroatoms. The van der Waals surface area contributed by atoms with Crippen LogP contribution in [-0.2, 0) is 0 Å². The van der Waals surface area contributed by atoms with E-state index in [4.69, 9.17) is 5.11 Å². The van der Waals surface area contributed by atoms with Crippen LogP contribution in [0.5, 0.6) is 0 Å². The molecular formula is C16H12N2O2S. The number of thiazole rings is 1. The molecule has 0 bridgehead atoms. The van der Waals surface area contributed by atoms with Crippen LogP contribution in [0, 0.1) is 6.92 Å². The van der Waals surface area contributed by atoms with Gasteiger partial charge in [0.15, 0.2) is 0 Å². The van der Waals surface area contributed by atoms with E-state index in [2.05, 4.69) is 9.97 Å². The SMILES string of the molecule is Cc1ccc(C(=O)O)cc1-c1csc(-c2cccnc2)n1. The number of hydrogen-bond acceptors (Lipinski definition) is 4. The lowest BCUT2D eigenvalue weighted by Crippen LogP contribution is -1.97. The van der Waals surface area contributed by atoms with Crippen molar-refractivity contribution < 1.29 is 9.90 Å². The Bertz CT molecular complexity index is 797. The number of aryl methyl sites for hydroxylation is 1. The zero-order valence-electron chi connectivity index (χ0n) is 11.3. The molecule has 0 amide bonds. The van der Waals surface area contributed by atoms with Gasteiger partial charge >= 0.3 is 5.97 Å². The number of pyridine rings is 1. The molecule has 3 aromatic rings. The highest BCUT2D eigenvalue weighted by molar-refractivity contribution is 7.13. The van der Waals surface area contributed by atoms with E-state index < -0.39 is 5.97 Å². The minimum absolute atomic E-state index is 0.270. The molecule has 2 heterocycles. The topological polar surface area (TPSA) is 63.1 Å². The van der Waals surface area contributed by atoms with Crippen LogP contribution >= 0.6 is 11.3 Å². The van der Waals surface area contributed by atoms with E-state index in [0.717, 1.165) is 27.4 Å². The minimum atomic E-state index is -0.932. The Balaban J connectivity index is 2.04. The van der Waals surface area contributed by atoms with Crippen molar-refractivity contribution in [3.8, 4) is 21.8 Å². The Labute approximate surface area is 125 Å². The summed E-state index contributed by atoms with van der Waals surface area (Å²) in [7, 11) is 0. The van der Waals surface area contributed by atoms with E-state index in [0.29, 0.717) is 0 Å². The van der Waals surface area contributed by atoms with E-state index in [-0.39, 0.29) is 5.56 Å². The molecule has 104 valence electrons. The standard InChI is InChI=1S/C16H12N2O2S/c1-10-4-5-11(16(19)20)7-13(10)14-9-21-15(18-14)12-3-2-6-17-8-12/h2-9H,1H3,(H,19,20). The third kappa shape index (κ3) is 2.68. The first kappa shape index (κ1) is 13.5. The summed E-state index contributed by atoms with van der Waals surface area (Å²) in [5.74, 6) is -0.932. The Morgan fingerprint density at radius 2 is 2.14 bits per heavy atom. The molecule has 21 heavy (non-hydrogen) atoms. The van der Waals surface area contributed by atoms with Gasteiger partial charge in [-0.25, -0.2) is 9.78 Å². The van der Waals surface area contributed by atoms with Gasteiger partial charge in [0.1, 0.15) is 5.01 Å². The number of aromatic carboxylic acids is 1. The van der Waals surface area contributed by atoms with Crippen molar-refractivity contribution in [3.63, 3.8) is 0 Å². The molecule has 1 aromatic carbocycles. The second-order valence-electron chi connectivity index (χ2n) is 4.61. The molecule has 0 spiro atoms. The molecular weight excluding hydrogens is 284 g/mol. The average Bonchev–Trinajstić information content (AvgIpc) is 2.98. The third-order valence-corrected chi connectivity index (χ3v) is 4.06. The number of carboxylic acids is 1. The molecule has 0 aliphatic rings. The maximum absolute atomic E-state index is 11.1. The molecule has 3 rings (SSSR count). The van der Waals surface area contributed by atoms with Gasteiger partial charge in [0.2, 0.25) is 0 Å². The number of benzene rings is 1. The molecule has 0 unspecified atom stereocenters. The van der Waals surface area contributed by atoms with Crippen LogP contribution in [0.4, 0.5) is 0 Å². The summed E-state index contributed by atoms with van der Waals surface area (Å²) in [5.41, 5.74) is 3.87. The average molecular weight is 296 g/mol. The fraction of sp³-hybridized carbons (Fsp3) is 0.0625. The quantitative estimate of drug-likeness (QED) is 0.796. The van der Waals surface area contributed by atoms with Crippen LogP contribution in [0.15, 0.2) is 48.1 Å². The van der Waals surface area contributed by atoms with Crippen LogP contribution in [0.1, 0.15) is 15.9 Å². The maximum atomic E-state index is 11.1. The molecule has 0 aliphatic heterocycles. The number of rotatable bonds is 3. The fourth-order valence-corrected chi connectivity index (χ4v) is 2.86. The highest BCUT2D eigenvalue weighted by Crippen LogP contribution is 2.30. The zero-order valence-corrected chi connectivity index (χ0v) is 12.1. The van der Waals surface area contributed by atoms with Crippen molar-refractivity contribution >= 4 is 17.3 Å². The van der Waals surface area contributed by atoms with Crippen LogP contribution in [0.3, 0.4) is 0 Å². The van der Waals surface area contributed by atoms with Crippen LogP contribution in [0.25, 0.3) is 21.8 Å². The second-order valence-corrected chi connectivity index (χ2v) is 5.47. The number of nitrogens with zero attached hydrogens (tertiary/aromatic N) is 2. The highest BCUT2D eigenvalue weighted by Gasteiger charge is 2.11. The van der Waals surface area contributed by atoms with Crippen LogP contribution in [0.2, 0.25) is 0 Å². The molecule has 0 fully saturated rings. The number of hydrogen-bond donors (Lipinski definition) is 1. The van der Waals surface area contributed by atoms with E-state index in [9.17, 15) is 4.79 Å². The monoisotopic (exact) mass is 296 g/mol. The molecule has 0 saturated carbocycles. The minimum Gasteiger partial charge on any atom is -0.478 e. The Morgan fingerprint density at radius 1 is 1.29 bits per heavy atom. The summed E-state index contributed by atoms with van der Waals surface area (Å²) < 4.78 is 0. The van der Waals surface area contributed by atoms with E-state index in [1.54, 1.807) is 24.5 Å². The molecule has 1 N–H and O–H groups in total. The predicted molar refractivity (Wildman–Crippen MR) is 82.5 cm³/mol. The van der Waals surface area contributed by atoms with Gasteiger partial charge in [-0.15, -0.1) is 11.3 Å². The number of carbonyl (C=O) groups is 1. The van der Waals surface area contributed by atoms with Crippen LogP contribution < -0.4 is 0 Å². The third-order valence-electron chi connectivity index (χ3n) is 3.17. The van der Waals surface area contributed by atoms with Gasteiger partial charge in [-0.2, -0.15) is 0 Å².